The molecule has 82 valence electrons. The van der Waals surface area contributed by atoms with E-state index < -0.39 is 0 Å². The molecule has 0 atom stereocenters. The van der Waals surface area contributed by atoms with Gasteiger partial charge in [0.1, 0.15) is 0 Å². The number of fused-ring (bicyclic) bond motifs is 1. The van der Waals surface area contributed by atoms with Gasteiger partial charge < -0.3 is 19.9 Å². The Kier molecular flexibility index (Phi) is 3.20. The van der Waals surface area contributed by atoms with Crippen LogP contribution in [0.5, 0.6) is 17.2 Å². The van der Waals surface area contributed by atoms with Crippen LogP contribution in [0.1, 0.15) is 5.56 Å². The second kappa shape index (κ2) is 4.44. The molecule has 0 amide bonds. The van der Waals surface area contributed by atoms with Gasteiger partial charge in [-0.1, -0.05) is 0 Å². The minimum Gasteiger partial charge on any atom is -0.492 e. The molecular formula is C10H12INO3. The summed E-state index contributed by atoms with van der Waals surface area (Å²) in [5.74, 6) is 2.19. The average molecular weight is 321 g/mol. The zero-order valence-electron chi connectivity index (χ0n) is 8.38. The number of hydrogen-bond acceptors (Lipinski definition) is 4. The van der Waals surface area contributed by atoms with E-state index >= 15 is 0 Å². The molecule has 0 fully saturated rings. The Hall–Kier alpha value is -0.690. The van der Waals surface area contributed by atoms with Crippen molar-refractivity contribution >= 4 is 22.6 Å². The largest absolute Gasteiger partial charge is 0.492 e. The van der Waals surface area contributed by atoms with E-state index in [0.717, 1.165) is 27.1 Å². The summed E-state index contributed by atoms with van der Waals surface area (Å²) in [4.78, 5) is 0. The van der Waals surface area contributed by atoms with Gasteiger partial charge in [0.05, 0.1) is 10.7 Å². The third kappa shape index (κ3) is 1.85. The molecular weight excluding hydrogens is 309 g/mol. The van der Waals surface area contributed by atoms with Gasteiger partial charge in [-0.2, -0.15) is 0 Å². The summed E-state index contributed by atoms with van der Waals surface area (Å²) in [5, 5.41) is 0. The van der Waals surface area contributed by atoms with Crippen molar-refractivity contribution in [2.75, 3.05) is 20.4 Å². The predicted molar refractivity (Wildman–Crippen MR) is 64.6 cm³/mol. The van der Waals surface area contributed by atoms with E-state index in [0.29, 0.717) is 12.3 Å². The average Bonchev–Trinajstić information content (AvgIpc) is 2.67. The Morgan fingerprint density at radius 2 is 2.33 bits per heavy atom. The highest BCUT2D eigenvalue weighted by Crippen LogP contribution is 2.45. The van der Waals surface area contributed by atoms with Crippen LogP contribution in [-0.2, 0) is 6.42 Å². The number of nitrogens with two attached hydrogens (primary N) is 1. The lowest BCUT2D eigenvalue weighted by atomic mass is 10.1. The van der Waals surface area contributed by atoms with Crippen LogP contribution in [0.15, 0.2) is 6.07 Å². The van der Waals surface area contributed by atoms with E-state index in [4.69, 9.17) is 19.9 Å². The first-order chi connectivity index (χ1) is 7.27. The van der Waals surface area contributed by atoms with Crippen LogP contribution < -0.4 is 19.9 Å². The monoisotopic (exact) mass is 321 g/mol. The second-order valence-electron chi connectivity index (χ2n) is 3.16. The van der Waals surface area contributed by atoms with Gasteiger partial charge in [0.25, 0.3) is 0 Å². The smallest absolute Gasteiger partial charge is 0.231 e. The van der Waals surface area contributed by atoms with Gasteiger partial charge in [-0.05, 0) is 47.2 Å². The summed E-state index contributed by atoms with van der Waals surface area (Å²) in [6.07, 6.45) is 0.811. The Morgan fingerprint density at radius 1 is 1.53 bits per heavy atom. The molecule has 15 heavy (non-hydrogen) atoms. The molecule has 1 aromatic carbocycles. The van der Waals surface area contributed by atoms with E-state index in [2.05, 4.69) is 22.6 Å². The number of benzene rings is 1. The fourth-order valence-electron chi connectivity index (χ4n) is 1.56. The van der Waals surface area contributed by atoms with Crippen LogP contribution in [0.25, 0.3) is 0 Å². The predicted octanol–water partition coefficient (Wildman–Crippen LogP) is 1.53. The number of hydrogen-bond donors (Lipinski definition) is 1. The molecule has 4 nitrogen and oxygen atoms in total. The van der Waals surface area contributed by atoms with Crippen molar-refractivity contribution in [1.82, 2.24) is 0 Å². The first-order valence-corrected chi connectivity index (χ1v) is 5.70. The maximum Gasteiger partial charge on any atom is 0.231 e. The van der Waals surface area contributed by atoms with Crippen LogP contribution in [0.2, 0.25) is 0 Å². The van der Waals surface area contributed by atoms with E-state index in [1.54, 1.807) is 7.11 Å². The Balaban J connectivity index is 2.51. The van der Waals surface area contributed by atoms with Crippen molar-refractivity contribution in [2.24, 2.45) is 5.73 Å². The molecule has 0 unspecified atom stereocenters. The fraction of sp³-hybridized carbons (Fsp3) is 0.400. The van der Waals surface area contributed by atoms with Gasteiger partial charge in [0.2, 0.25) is 12.5 Å². The maximum atomic E-state index is 5.55. The van der Waals surface area contributed by atoms with E-state index in [1.165, 1.54) is 0 Å². The Bertz CT molecular complexity index is 381. The van der Waals surface area contributed by atoms with Crippen LogP contribution >= 0.6 is 22.6 Å². The van der Waals surface area contributed by atoms with Gasteiger partial charge in [0.15, 0.2) is 11.5 Å². The van der Waals surface area contributed by atoms with Crippen molar-refractivity contribution in [1.29, 1.82) is 0 Å². The summed E-state index contributed by atoms with van der Waals surface area (Å²) in [6.45, 7) is 0.868. The molecule has 0 bridgehead atoms. The lowest BCUT2D eigenvalue weighted by Gasteiger charge is -2.11. The minimum absolute atomic E-state index is 0.258. The molecule has 2 rings (SSSR count). The molecule has 5 heteroatoms. The quantitative estimate of drug-likeness (QED) is 0.858. The maximum absolute atomic E-state index is 5.55. The van der Waals surface area contributed by atoms with Crippen molar-refractivity contribution in [3.05, 3.63) is 15.2 Å². The molecule has 0 saturated carbocycles. The first-order valence-electron chi connectivity index (χ1n) is 4.63. The van der Waals surface area contributed by atoms with Crippen molar-refractivity contribution < 1.29 is 14.2 Å². The molecule has 2 N–H and O–H groups in total. The van der Waals surface area contributed by atoms with Crippen LogP contribution in [0, 0.1) is 3.57 Å². The molecule has 1 heterocycles. The van der Waals surface area contributed by atoms with E-state index in [1.807, 2.05) is 6.07 Å². The molecule has 0 spiro atoms. The molecule has 0 saturated heterocycles. The third-order valence-electron chi connectivity index (χ3n) is 2.25. The van der Waals surface area contributed by atoms with Crippen molar-refractivity contribution in [3.8, 4) is 17.2 Å². The minimum atomic E-state index is 0.258. The van der Waals surface area contributed by atoms with Gasteiger partial charge in [-0.25, -0.2) is 0 Å². The highest BCUT2D eigenvalue weighted by atomic mass is 127. The zero-order chi connectivity index (χ0) is 10.8. The van der Waals surface area contributed by atoms with Crippen LogP contribution in [0.3, 0.4) is 0 Å². The van der Waals surface area contributed by atoms with Gasteiger partial charge in [-0.15, -0.1) is 0 Å². The van der Waals surface area contributed by atoms with E-state index in [9.17, 15) is 0 Å². The number of halogens is 1. The molecule has 1 aliphatic heterocycles. The van der Waals surface area contributed by atoms with E-state index in [-0.39, 0.29) is 6.79 Å². The summed E-state index contributed by atoms with van der Waals surface area (Å²) >= 11 is 2.24. The van der Waals surface area contributed by atoms with Gasteiger partial charge in [-0.3, -0.25) is 0 Å². The number of rotatable bonds is 3. The lowest BCUT2D eigenvalue weighted by molar-refractivity contribution is 0.171. The summed E-state index contributed by atoms with van der Waals surface area (Å²) < 4.78 is 17.1. The summed E-state index contributed by atoms with van der Waals surface area (Å²) in [5.41, 5.74) is 6.69. The Morgan fingerprint density at radius 3 is 3.00 bits per heavy atom. The Labute approximate surface area is 102 Å². The topological polar surface area (TPSA) is 53.7 Å². The highest BCUT2D eigenvalue weighted by Gasteiger charge is 2.23. The second-order valence-corrected chi connectivity index (χ2v) is 4.23. The fourth-order valence-corrected chi connectivity index (χ4v) is 2.45. The number of ether oxygens (including phenoxy) is 3. The highest BCUT2D eigenvalue weighted by molar-refractivity contribution is 14.1. The van der Waals surface area contributed by atoms with Crippen molar-refractivity contribution in [2.45, 2.75) is 6.42 Å². The first kappa shape index (κ1) is 10.8. The SMILES string of the molecule is COc1c(I)c(CCN)cc2c1OCO2. The molecule has 1 aromatic rings. The number of methoxy groups -OCH3 is 1. The molecule has 0 aromatic heterocycles. The standard InChI is InChI=1S/C10H12INO3/c1-13-10-8(11)6(2-3-12)4-7-9(10)15-5-14-7/h4H,2-3,5,12H2,1H3. The summed E-state index contributed by atoms with van der Waals surface area (Å²) in [6, 6.07) is 1.97. The van der Waals surface area contributed by atoms with Crippen molar-refractivity contribution in [3.63, 3.8) is 0 Å². The summed E-state index contributed by atoms with van der Waals surface area (Å²) in [7, 11) is 1.63. The van der Waals surface area contributed by atoms with Gasteiger partial charge in [0, 0.05) is 0 Å². The molecule has 0 radical (unpaired) electrons. The molecule has 0 aliphatic carbocycles. The van der Waals surface area contributed by atoms with Gasteiger partial charge >= 0.3 is 0 Å². The zero-order valence-corrected chi connectivity index (χ0v) is 10.5. The van der Waals surface area contributed by atoms with Crippen LogP contribution in [0.4, 0.5) is 0 Å². The molecule has 1 aliphatic rings. The normalized spacial score (nSPS) is 13.0. The third-order valence-corrected chi connectivity index (χ3v) is 3.43. The lowest BCUT2D eigenvalue weighted by Crippen LogP contribution is -2.05. The van der Waals surface area contributed by atoms with Crippen LogP contribution in [-0.4, -0.2) is 20.4 Å².